The van der Waals surface area contributed by atoms with Crippen molar-refractivity contribution >= 4 is 35.9 Å². The fourth-order valence-electron chi connectivity index (χ4n) is 3.32. The van der Waals surface area contributed by atoms with E-state index in [1.165, 1.54) is 0 Å². The van der Waals surface area contributed by atoms with Crippen molar-refractivity contribution in [1.82, 2.24) is 20.2 Å². The molecule has 1 aromatic carbocycles. The van der Waals surface area contributed by atoms with Crippen LogP contribution in [0.15, 0.2) is 35.6 Å². The molecular weight excluding hydrogens is 499 g/mol. The van der Waals surface area contributed by atoms with E-state index in [2.05, 4.69) is 30.1 Å². The minimum atomic E-state index is 0. The van der Waals surface area contributed by atoms with Crippen LogP contribution >= 0.6 is 24.0 Å². The summed E-state index contributed by atoms with van der Waals surface area (Å²) in [6, 6.07) is 5.70. The Kier molecular flexibility index (Phi) is 9.21. The SMILES string of the molecule is CN=C(NCc1cc(OC)c(OC)c(OC)c1)N1CCN(c2ncccn2)CC1.I. The summed E-state index contributed by atoms with van der Waals surface area (Å²) in [7, 11) is 6.62. The number of guanidine groups is 1. The van der Waals surface area contributed by atoms with Crippen molar-refractivity contribution in [1.29, 1.82) is 0 Å². The maximum atomic E-state index is 5.43. The number of hydrogen-bond donors (Lipinski definition) is 1. The predicted molar refractivity (Wildman–Crippen MR) is 128 cm³/mol. The molecule has 0 atom stereocenters. The lowest BCUT2D eigenvalue weighted by Crippen LogP contribution is -2.52. The Hall–Kier alpha value is -2.50. The Balaban J connectivity index is 0.00000320. The summed E-state index contributed by atoms with van der Waals surface area (Å²) in [5.74, 6) is 3.48. The average Bonchev–Trinajstić information content (AvgIpc) is 2.79. The van der Waals surface area contributed by atoms with E-state index in [4.69, 9.17) is 14.2 Å². The zero-order valence-corrected chi connectivity index (χ0v) is 20.1. The van der Waals surface area contributed by atoms with Gasteiger partial charge in [0, 0.05) is 52.2 Å². The van der Waals surface area contributed by atoms with Gasteiger partial charge in [-0.05, 0) is 23.8 Å². The first-order chi connectivity index (χ1) is 14.2. The normalized spacial score (nSPS) is 14.1. The number of aliphatic imine (C=N–C) groups is 1. The van der Waals surface area contributed by atoms with Crippen molar-refractivity contribution in [3.63, 3.8) is 0 Å². The molecule has 1 aromatic heterocycles. The van der Waals surface area contributed by atoms with E-state index in [0.717, 1.165) is 43.7 Å². The molecule has 3 rings (SSSR count). The third-order valence-electron chi connectivity index (χ3n) is 4.80. The van der Waals surface area contributed by atoms with Crippen LogP contribution in [0.1, 0.15) is 5.56 Å². The van der Waals surface area contributed by atoms with Crippen LogP contribution in [0.25, 0.3) is 0 Å². The number of aromatic nitrogens is 2. The summed E-state index contributed by atoms with van der Waals surface area (Å²) in [6.07, 6.45) is 3.54. The Morgan fingerprint density at radius 1 is 1.00 bits per heavy atom. The molecule has 0 saturated carbocycles. The highest BCUT2D eigenvalue weighted by molar-refractivity contribution is 14.0. The van der Waals surface area contributed by atoms with Gasteiger partial charge in [-0.1, -0.05) is 0 Å². The molecule has 0 aliphatic carbocycles. The number of anilines is 1. The van der Waals surface area contributed by atoms with Crippen LogP contribution in [0.4, 0.5) is 5.95 Å². The van der Waals surface area contributed by atoms with Gasteiger partial charge in [-0.2, -0.15) is 0 Å². The predicted octanol–water partition coefficient (Wildman–Crippen LogP) is 2.02. The number of halogens is 1. The molecular formula is C20H29IN6O3. The van der Waals surface area contributed by atoms with E-state index in [1.807, 2.05) is 18.2 Å². The fourth-order valence-corrected chi connectivity index (χ4v) is 3.32. The second-order valence-electron chi connectivity index (χ2n) is 6.46. The zero-order chi connectivity index (χ0) is 20.6. The molecule has 1 N–H and O–H groups in total. The van der Waals surface area contributed by atoms with Gasteiger partial charge in [-0.3, -0.25) is 4.99 Å². The molecule has 2 heterocycles. The summed E-state index contributed by atoms with van der Waals surface area (Å²) in [5.41, 5.74) is 1.01. The Morgan fingerprint density at radius 3 is 2.10 bits per heavy atom. The first kappa shape index (κ1) is 23.8. The third-order valence-corrected chi connectivity index (χ3v) is 4.80. The van der Waals surface area contributed by atoms with Gasteiger partial charge in [0.05, 0.1) is 21.3 Å². The molecule has 30 heavy (non-hydrogen) atoms. The smallest absolute Gasteiger partial charge is 0.225 e. The van der Waals surface area contributed by atoms with Crippen LogP contribution in [0.3, 0.4) is 0 Å². The van der Waals surface area contributed by atoms with Crippen LogP contribution in [0.2, 0.25) is 0 Å². The van der Waals surface area contributed by atoms with Gasteiger partial charge in [0.15, 0.2) is 17.5 Å². The summed E-state index contributed by atoms with van der Waals surface area (Å²) < 4.78 is 16.2. The third kappa shape index (κ3) is 5.55. The van der Waals surface area contributed by atoms with E-state index in [1.54, 1.807) is 40.8 Å². The maximum absolute atomic E-state index is 5.43. The van der Waals surface area contributed by atoms with Crippen molar-refractivity contribution < 1.29 is 14.2 Å². The number of benzene rings is 1. The monoisotopic (exact) mass is 528 g/mol. The molecule has 1 aliphatic rings. The lowest BCUT2D eigenvalue weighted by molar-refractivity contribution is 0.323. The van der Waals surface area contributed by atoms with Crippen LogP contribution < -0.4 is 24.4 Å². The summed E-state index contributed by atoms with van der Waals surface area (Å²) in [6.45, 7) is 3.95. The number of hydrogen-bond acceptors (Lipinski definition) is 7. The molecule has 0 amide bonds. The molecule has 0 radical (unpaired) electrons. The second kappa shape index (κ2) is 11.6. The van der Waals surface area contributed by atoms with Crippen molar-refractivity contribution in [3.8, 4) is 17.2 Å². The van der Waals surface area contributed by atoms with Gasteiger partial charge in [0.2, 0.25) is 11.7 Å². The summed E-state index contributed by atoms with van der Waals surface area (Å²) >= 11 is 0. The number of nitrogens with zero attached hydrogens (tertiary/aromatic N) is 5. The highest BCUT2D eigenvalue weighted by Gasteiger charge is 2.21. The van der Waals surface area contributed by atoms with E-state index >= 15 is 0 Å². The van der Waals surface area contributed by atoms with Crippen molar-refractivity contribution in [2.24, 2.45) is 4.99 Å². The van der Waals surface area contributed by atoms with Gasteiger partial charge in [-0.25, -0.2) is 9.97 Å². The van der Waals surface area contributed by atoms with Gasteiger partial charge < -0.3 is 29.3 Å². The van der Waals surface area contributed by atoms with Crippen molar-refractivity contribution in [3.05, 3.63) is 36.2 Å². The number of ether oxygens (including phenoxy) is 3. The first-order valence-electron chi connectivity index (χ1n) is 9.46. The van der Waals surface area contributed by atoms with Gasteiger partial charge in [0.1, 0.15) is 0 Å². The quantitative estimate of drug-likeness (QED) is 0.347. The van der Waals surface area contributed by atoms with Crippen LogP contribution in [0, 0.1) is 0 Å². The van der Waals surface area contributed by atoms with Crippen molar-refractivity contribution in [2.75, 3.05) is 59.5 Å². The lowest BCUT2D eigenvalue weighted by atomic mass is 10.2. The lowest BCUT2D eigenvalue weighted by Gasteiger charge is -2.36. The highest BCUT2D eigenvalue weighted by atomic mass is 127. The van der Waals surface area contributed by atoms with Gasteiger partial charge in [0.25, 0.3) is 0 Å². The number of methoxy groups -OCH3 is 3. The molecule has 1 fully saturated rings. The Labute approximate surface area is 194 Å². The molecule has 0 spiro atoms. The van der Waals surface area contributed by atoms with E-state index in [9.17, 15) is 0 Å². The Morgan fingerprint density at radius 2 is 1.60 bits per heavy atom. The number of nitrogens with one attached hydrogen (secondary N) is 1. The summed E-state index contributed by atoms with van der Waals surface area (Å²) in [4.78, 5) is 17.5. The molecule has 0 unspecified atom stereocenters. The van der Waals surface area contributed by atoms with Crippen LogP contribution in [-0.4, -0.2) is 75.4 Å². The van der Waals surface area contributed by atoms with Crippen LogP contribution in [-0.2, 0) is 6.54 Å². The van der Waals surface area contributed by atoms with Gasteiger partial charge in [-0.15, -0.1) is 24.0 Å². The topological polar surface area (TPSA) is 84.3 Å². The zero-order valence-electron chi connectivity index (χ0n) is 17.8. The summed E-state index contributed by atoms with van der Waals surface area (Å²) in [5, 5.41) is 3.42. The minimum Gasteiger partial charge on any atom is -0.493 e. The number of rotatable bonds is 6. The maximum Gasteiger partial charge on any atom is 0.225 e. The molecule has 1 aliphatic heterocycles. The minimum absolute atomic E-state index is 0. The molecule has 2 aromatic rings. The molecule has 1 saturated heterocycles. The standard InChI is InChI=1S/C20H28N6O3.HI/c1-21-19(25-8-10-26(11-9-25)20-22-6-5-7-23-20)24-14-15-12-16(27-2)18(29-4)17(13-15)28-3;/h5-7,12-13H,8-11,14H2,1-4H3,(H,21,24);1H. The average molecular weight is 528 g/mol. The van der Waals surface area contributed by atoms with Gasteiger partial charge >= 0.3 is 0 Å². The molecule has 164 valence electrons. The Bertz CT molecular complexity index is 804. The van der Waals surface area contributed by atoms with Crippen LogP contribution in [0.5, 0.6) is 17.2 Å². The molecule has 0 bridgehead atoms. The molecule has 9 nitrogen and oxygen atoms in total. The van der Waals surface area contributed by atoms with E-state index < -0.39 is 0 Å². The largest absolute Gasteiger partial charge is 0.493 e. The number of piperazine rings is 1. The first-order valence-corrected chi connectivity index (χ1v) is 9.46. The highest BCUT2D eigenvalue weighted by Crippen LogP contribution is 2.38. The molecule has 10 heteroatoms. The van der Waals surface area contributed by atoms with E-state index in [0.29, 0.717) is 23.8 Å². The van der Waals surface area contributed by atoms with E-state index in [-0.39, 0.29) is 24.0 Å². The van der Waals surface area contributed by atoms with Crippen molar-refractivity contribution in [2.45, 2.75) is 6.54 Å². The fraction of sp³-hybridized carbons (Fsp3) is 0.450. The second-order valence-corrected chi connectivity index (χ2v) is 6.46.